The molecule has 0 unspecified atom stereocenters. The van der Waals surface area contributed by atoms with Crippen molar-refractivity contribution in [2.24, 2.45) is 17.8 Å². The van der Waals surface area contributed by atoms with E-state index in [1.54, 1.807) is 6.92 Å². The summed E-state index contributed by atoms with van der Waals surface area (Å²) in [4.78, 5) is 35.7. The second kappa shape index (κ2) is 5.77. The Labute approximate surface area is 108 Å². The minimum absolute atomic E-state index is 0.117. The van der Waals surface area contributed by atoms with Gasteiger partial charge >= 0.3 is 0 Å². The van der Waals surface area contributed by atoms with Gasteiger partial charge < -0.3 is 0 Å². The summed E-state index contributed by atoms with van der Waals surface area (Å²) in [6.07, 6.45) is 7.22. The Morgan fingerprint density at radius 2 is 1.56 bits per heavy atom. The highest BCUT2D eigenvalue weighted by Gasteiger charge is 2.41. The highest BCUT2D eigenvalue weighted by Crippen LogP contribution is 2.37. The van der Waals surface area contributed by atoms with Crippen LogP contribution < -0.4 is 0 Å². The van der Waals surface area contributed by atoms with E-state index in [1.165, 1.54) is 19.3 Å². The van der Waals surface area contributed by atoms with Gasteiger partial charge in [0.1, 0.15) is 5.92 Å². The Morgan fingerprint density at radius 1 is 1.00 bits per heavy atom. The van der Waals surface area contributed by atoms with Crippen molar-refractivity contribution in [3.8, 4) is 0 Å². The summed E-state index contributed by atoms with van der Waals surface area (Å²) in [6.45, 7) is 1.72. The summed E-state index contributed by atoms with van der Waals surface area (Å²) in [5.74, 6) is -0.597. The van der Waals surface area contributed by atoms with Crippen molar-refractivity contribution in [1.29, 1.82) is 0 Å². The van der Waals surface area contributed by atoms with E-state index in [9.17, 15) is 14.4 Å². The molecule has 0 saturated heterocycles. The molecule has 2 fully saturated rings. The minimum Gasteiger partial charge on any atom is -0.298 e. The Morgan fingerprint density at radius 3 is 2.06 bits per heavy atom. The van der Waals surface area contributed by atoms with Crippen LogP contribution in [0.1, 0.15) is 58.3 Å². The third kappa shape index (κ3) is 2.70. The average molecular weight is 250 g/mol. The van der Waals surface area contributed by atoms with Crippen LogP contribution in [0.2, 0.25) is 0 Å². The van der Waals surface area contributed by atoms with E-state index in [2.05, 4.69) is 0 Å². The van der Waals surface area contributed by atoms with Crippen molar-refractivity contribution in [2.45, 2.75) is 58.3 Å². The number of hydrogen-bond donors (Lipinski definition) is 0. The highest BCUT2D eigenvalue weighted by atomic mass is 16.2. The molecule has 3 heteroatoms. The molecule has 2 aliphatic rings. The molecule has 0 aliphatic heterocycles. The van der Waals surface area contributed by atoms with Crippen LogP contribution >= 0.6 is 0 Å². The average Bonchev–Trinajstić information content (AvgIpc) is 2.38. The summed E-state index contributed by atoms with van der Waals surface area (Å²) < 4.78 is 0. The zero-order valence-corrected chi connectivity index (χ0v) is 11.1. The van der Waals surface area contributed by atoms with Gasteiger partial charge in [0.15, 0.2) is 17.3 Å². The first-order valence-corrected chi connectivity index (χ1v) is 7.21. The molecular weight excluding hydrogens is 228 g/mol. The molecule has 0 spiro atoms. The fraction of sp³-hybridized carbons (Fsp3) is 0.800. The molecule has 0 N–H and O–H groups in total. The van der Waals surface area contributed by atoms with E-state index < -0.39 is 5.92 Å². The van der Waals surface area contributed by atoms with Crippen LogP contribution in [0.4, 0.5) is 0 Å². The first-order chi connectivity index (χ1) is 8.63. The third-order valence-electron chi connectivity index (χ3n) is 4.56. The number of Topliss-reactive ketones (excluding diaryl/α,β-unsaturated/α-hetero) is 3. The van der Waals surface area contributed by atoms with Crippen molar-refractivity contribution in [1.82, 2.24) is 0 Å². The second-order valence-electron chi connectivity index (χ2n) is 5.75. The van der Waals surface area contributed by atoms with Gasteiger partial charge in [0, 0.05) is 19.3 Å². The summed E-state index contributed by atoms with van der Waals surface area (Å²) in [6, 6.07) is 0. The molecule has 0 aromatic heterocycles. The predicted molar refractivity (Wildman–Crippen MR) is 68.1 cm³/mol. The van der Waals surface area contributed by atoms with E-state index in [1.807, 2.05) is 0 Å². The first-order valence-electron chi connectivity index (χ1n) is 7.21. The van der Waals surface area contributed by atoms with Gasteiger partial charge in [0.2, 0.25) is 0 Å². The fourth-order valence-electron chi connectivity index (χ4n) is 3.51. The molecule has 2 aliphatic carbocycles. The molecule has 2 rings (SSSR count). The van der Waals surface area contributed by atoms with E-state index in [0.717, 1.165) is 12.8 Å². The van der Waals surface area contributed by atoms with Crippen molar-refractivity contribution >= 4 is 17.3 Å². The smallest absolute Gasteiger partial charge is 0.151 e. The molecule has 0 aromatic carbocycles. The van der Waals surface area contributed by atoms with Crippen molar-refractivity contribution < 1.29 is 14.4 Å². The quantitative estimate of drug-likeness (QED) is 0.724. The van der Waals surface area contributed by atoms with Gasteiger partial charge in [-0.2, -0.15) is 0 Å². The maximum Gasteiger partial charge on any atom is 0.151 e. The van der Waals surface area contributed by atoms with Gasteiger partial charge in [-0.05, 0) is 11.8 Å². The zero-order valence-electron chi connectivity index (χ0n) is 11.1. The van der Waals surface area contributed by atoms with E-state index in [0.29, 0.717) is 18.8 Å². The molecule has 0 radical (unpaired) electrons. The second-order valence-corrected chi connectivity index (χ2v) is 5.75. The summed E-state index contributed by atoms with van der Waals surface area (Å²) in [5, 5.41) is 0. The van der Waals surface area contributed by atoms with E-state index in [-0.39, 0.29) is 29.7 Å². The number of ketones is 3. The predicted octanol–water partition coefficient (Wildman–Crippen LogP) is 2.71. The topological polar surface area (TPSA) is 51.2 Å². The number of carbonyl (C=O) groups is 3. The lowest BCUT2D eigenvalue weighted by molar-refractivity contribution is -0.144. The van der Waals surface area contributed by atoms with Gasteiger partial charge in [0.05, 0.1) is 0 Å². The fourth-order valence-corrected chi connectivity index (χ4v) is 3.51. The Hall–Kier alpha value is -0.990. The van der Waals surface area contributed by atoms with Crippen LogP contribution in [0, 0.1) is 17.8 Å². The molecule has 0 bridgehead atoms. The molecule has 0 atom stereocenters. The lowest BCUT2D eigenvalue weighted by atomic mass is 9.69. The van der Waals surface area contributed by atoms with Gasteiger partial charge in [-0.15, -0.1) is 0 Å². The normalized spacial score (nSPS) is 30.5. The molecule has 0 aromatic rings. The molecule has 0 amide bonds. The third-order valence-corrected chi connectivity index (χ3v) is 4.56. The number of rotatable bonds is 3. The molecule has 0 heterocycles. The molecule has 18 heavy (non-hydrogen) atoms. The molecule has 3 nitrogen and oxygen atoms in total. The Kier molecular flexibility index (Phi) is 4.31. The minimum atomic E-state index is -0.921. The maximum absolute atomic E-state index is 12.0. The molecular formula is C15H22O3. The van der Waals surface area contributed by atoms with Gasteiger partial charge in [-0.3, -0.25) is 14.4 Å². The van der Waals surface area contributed by atoms with Crippen molar-refractivity contribution in [2.75, 3.05) is 0 Å². The van der Waals surface area contributed by atoms with Crippen LogP contribution in [-0.4, -0.2) is 17.3 Å². The summed E-state index contributed by atoms with van der Waals surface area (Å²) in [7, 11) is 0. The van der Waals surface area contributed by atoms with Crippen LogP contribution in [0.25, 0.3) is 0 Å². The van der Waals surface area contributed by atoms with E-state index >= 15 is 0 Å². The zero-order chi connectivity index (χ0) is 13.1. The summed E-state index contributed by atoms with van der Waals surface area (Å²) >= 11 is 0. The first kappa shape index (κ1) is 13.4. The standard InChI is InChI=1S/C15H22O3/c1-2-12(16)15-13(17)8-11(9-14(15)18)10-6-4-3-5-7-10/h10-11,15H,2-9H2,1H3. The summed E-state index contributed by atoms with van der Waals surface area (Å²) in [5.41, 5.74) is 0. The Balaban J connectivity index is 2.02. The lowest BCUT2D eigenvalue weighted by Crippen LogP contribution is -2.40. The lowest BCUT2D eigenvalue weighted by Gasteiger charge is -2.33. The largest absolute Gasteiger partial charge is 0.298 e. The van der Waals surface area contributed by atoms with Gasteiger partial charge in [0.25, 0.3) is 0 Å². The van der Waals surface area contributed by atoms with Crippen molar-refractivity contribution in [3.05, 3.63) is 0 Å². The van der Waals surface area contributed by atoms with E-state index in [4.69, 9.17) is 0 Å². The maximum atomic E-state index is 12.0. The van der Waals surface area contributed by atoms with Crippen LogP contribution in [0.3, 0.4) is 0 Å². The van der Waals surface area contributed by atoms with Crippen molar-refractivity contribution in [3.63, 3.8) is 0 Å². The highest BCUT2D eigenvalue weighted by molar-refractivity contribution is 6.20. The monoisotopic (exact) mass is 250 g/mol. The van der Waals surface area contributed by atoms with Gasteiger partial charge in [-0.1, -0.05) is 39.0 Å². The number of hydrogen-bond acceptors (Lipinski definition) is 3. The molecule has 2 saturated carbocycles. The number of carbonyl (C=O) groups excluding carboxylic acids is 3. The van der Waals surface area contributed by atoms with Gasteiger partial charge in [-0.25, -0.2) is 0 Å². The SMILES string of the molecule is CCC(=O)C1C(=O)CC(C2CCCCC2)CC1=O. The van der Waals surface area contributed by atoms with Crippen LogP contribution in [-0.2, 0) is 14.4 Å². The van der Waals surface area contributed by atoms with Crippen LogP contribution in [0.15, 0.2) is 0 Å². The Bertz CT molecular complexity index is 335. The molecule has 100 valence electrons. The van der Waals surface area contributed by atoms with Crippen LogP contribution in [0.5, 0.6) is 0 Å².